The fourth-order valence-corrected chi connectivity index (χ4v) is 8.83. The Bertz CT molecular complexity index is 3390. The molecule has 0 saturated carbocycles. The zero-order valence-electron chi connectivity index (χ0n) is 51.7. The monoisotopic (exact) mass is 1290 g/mol. The van der Waals surface area contributed by atoms with Gasteiger partial charge in [0, 0.05) is 48.9 Å². The highest BCUT2D eigenvalue weighted by atomic mass is 16.5. The third kappa shape index (κ3) is 24.7. The summed E-state index contributed by atoms with van der Waals surface area (Å²) in [5.74, 6) is -7.81. The van der Waals surface area contributed by atoms with E-state index < -0.39 is 83.9 Å². The lowest BCUT2D eigenvalue weighted by Gasteiger charge is -2.21. The number of guanidine groups is 4. The van der Waals surface area contributed by atoms with Gasteiger partial charge in [0.1, 0.15) is 41.1 Å². The van der Waals surface area contributed by atoms with Crippen molar-refractivity contribution in [1.29, 1.82) is 21.6 Å². The van der Waals surface area contributed by atoms with Crippen molar-refractivity contribution in [3.63, 3.8) is 0 Å². The number of carbonyl (C=O) groups excluding carboxylic acids is 9. The van der Waals surface area contributed by atoms with E-state index in [1.54, 1.807) is 0 Å². The van der Waals surface area contributed by atoms with Gasteiger partial charge >= 0.3 is 0 Å². The van der Waals surface area contributed by atoms with E-state index in [0.29, 0.717) is 13.0 Å². The van der Waals surface area contributed by atoms with Gasteiger partial charge in [0.2, 0.25) is 29.5 Å². The van der Waals surface area contributed by atoms with Crippen molar-refractivity contribution in [3.05, 3.63) is 95.1 Å². The Kier molecular flexibility index (Phi) is 29.7. The Balaban J connectivity index is 1.51. The zero-order valence-corrected chi connectivity index (χ0v) is 51.7. The number of nitrogens with two attached hydrogens (primary N) is 6. The second kappa shape index (κ2) is 37.4. The fraction of sp³-hybridized carbons (Fsp3) is 0.362. The van der Waals surface area contributed by atoms with Crippen molar-refractivity contribution in [3.8, 4) is 23.0 Å². The first kappa shape index (κ1) is 73.8. The molecule has 502 valence electrons. The third-order valence-electron chi connectivity index (χ3n) is 13.5. The molecule has 28 N–H and O–H groups in total. The lowest BCUT2D eigenvalue weighted by atomic mass is 10.1. The maximum atomic E-state index is 14.1. The molecule has 0 aliphatic heterocycles. The van der Waals surface area contributed by atoms with E-state index in [0.717, 1.165) is 0 Å². The smallest absolute Gasteiger partial charge is 0.255 e. The third-order valence-corrected chi connectivity index (χ3v) is 13.5. The second-order valence-electron chi connectivity index (χ2n) is 20.4. The standard InChI is InChI=1S/C58H82N22O13/c1-90-42-17-13-30(25-34(42)47(60)82)75-53(88)40(11-7-23-71-57(65)66)79-50(85)37-28-33(16-20-45(37)93-4)76-52(87)39(10-6-22-70-56(63)64)78-46(81)29-73-48(83)35-26-32(15-18-43(35)91-2)77-54(89)41(12-8-24-72-58(67)68)80-49(84)36-27-31(14-19-44(36)92-3)74-51(86)38(59)9-5-21-69-55(61)62/h13-20,25-28,38-41H,5-12,21-24,29,59H2,1-4H3,(H2,60,82)(H,73,83)(H,74,86)(H,75,88)(H,76,87)(H,77,89)(H,78,81)(H,79,85)(H,80,84)(H4,61,62,69)(H4,63,64,70)(H4,65,66,71)(H4,67,68,72)/t38-,39-,40-,41-/m1/s1. The Labute approximate surface area is 534 Å². The molecule has 0 spiro atoms. The summed E-state index contributed by atoms with van der Waals surface area (Å²) >= 11 is 0. The van der Waals surface area contributed by atoms with Crippen LogP contribution in [0.3, 0.4) is 0 Å². The number of carbonyl (C=O) groups is 9. The summed E-state index contributed by atoms with van der Waals surface area (Å²) in [5, 5.41) is 61.5. The van der Waals surface area contributed by atoms with E-state index in [2.05, 4.69) is 63.8 Å². The van der Waals surface area contributed by atoms with Crippen LogP contribution in [0.2, 0.25) is 0 Å². The van der Waals surface area contributed by atoms with E-state index in [1.807, 2.05) is 0 Å². The summed E-state index contributed by atoms with van der Waals surface area (Å²) in [6.07, 6.45) is 1.29. The van der Waals surface area contributed by atoms with Crippen LogP contribution in [0.5, 0.6) is 23.0 Å². The minimum absolute atomic E-state index is 0.00420. The molecule has 0 aliphatic carbocycles. The second-order valence-corrected chi connectivity index (χ2v) is 20.4. The van der Waals surface area contributed by atoms with Crippen LogP contribution in [-0.4, -0.2) is 162 Å². The van der Waals surface area contributed by atoms with Crippen molar-refractivity contribution in [2.75, 3.05) is 82.4 Å². The summed E-state index contributed by atoms with van der Waals surface area (Å²) in [6.45, 7) is 0.0428. The maximum absolute atomic E-state index is 14.1. The summed E-state index contributed by atoms with van der Waals surface area (Å²) in [4.78, 5) is 123. The quantitative estimate of drug-likeness (QED) is 0.0138. The van der Waals surface area contributed by atoms with Crippen LogP contribution in [0.4, 0.5) is 22.7 Å². The first-order valence-corrected chi connectivity index (χ1v) is 28.8. The number of primary amides is 1. The molecule has 0 aliphatic rings. The number of methoxy groups -OCH3 is 4. The molecule has 4 rings (SSSR count). The predicted molar refractivity (Wildman–Crippen MR) is 346 cm³/mol. The van der Waals surface area contributed by atoms with Gasteiger partial charge in [-0.15, -0.1) is 0 Å². The largest absolute Gasteiger partial charge is 0.496 e. The Morgan fingerprint density at radius 3 is 1.00 bits per heavy atom. The van der Waals surface area contributed by atoms with Crippen LogP contribution in [0.1, 0.15) is 92.8 Å². The van der Waals surface area contributed by atoms with E-state index in [1.165, 1.54) is 101 Å². The molecule has 35 nitrogen and oxygen atoms in total. The number of amides is 9. The number of anilines is 4. The number of rotatable bonds is 37. The highest BCUT2D eigenvalue weighted by Gasteiger charge is 2.29. The van der Waals surface area contributed by atoms with Crippen LogP contribution in [0, 0.1) is 21.6 Å². The summed E-state index contributed by atoms with van der Waals surface area (Å²) < 4.78 is 21.5. The van der Waals surface area contributed by atoms with Crippen molar-refractivity contribution in [2.45, 2.75) is 75.5 Å². The van der Waals surface area contributed by atoms with Crippen LogP contribution < -0.4 is 117 Å². The van der Waals surface area contributed by atoms with Gasteiger partial charge in [0.15, 0.2) is 23.8 Å². The van der Waals surface area contributed by atoms with Gasteiger partial charge in [0.25, 0.3) is 23.6 Å². The van der Waals surface area contributed by atoms with Gasteiger partial charge in [-0.1, -0.05) is 0 Å². The van der Waals surface area contributed by atoms with Gasteiger partial charge in [-0.25, -0.2) is 0 Å². The van der Waals surface area contributed by atoms with Crippen molar-refractivity contribution in [2.24, 2.45) is 34.4 Å². The van der Waals surface area contributed by atoms with Crippen LogP contribution in [-0.2, 0) is 24.0 Å². The van der Waals surface area contributed by atoms with E-state index in [9.17, 15) is 43.2 Å². The average Bonchev–Trinajstić information content (AvgIpc) is 1.01. The lowest BCUT2D eigenvalue weighted by Crippen LogP contribution is -2.48. The molecule has 0 aromatic heterocycles. The molecule has 4 aromatic carbocycles. The molecule has 4 aromatic rings. The maximum Gasteiger partial charge on any atom is 0.255 e. The highest BCUT2D eigenvalue weighted by Crippen LogP contribution is 2.28. The zero-order chi connectivity index (χ0) is 68.7. The van der Waals surface area contributed by atoms with E-state index in [-0.39, 0.29) is 156 Å². The minimum atomic E-state index is -1.31. The summed E-state index contributed by atoms with van der Waals surface area (Å²) in [7, 11) is 5.23. The minimum Gasteiger partial charge on any atom is -0.496 e. The lowest BCUT2D eigenvalue weighted by molar-refractivity contribution is -0.126. The Hall–Kier alpha value is -11.7. The predicted octanol–water partition coefficient (Wildman–Crippen LogP) is -1.53. The molecule has 0 saturated heterocycles. The molecule has 4 atom stereocenters. The molecule has 0 radical (unpaired) electrons. The molecule has 0 bridgehead atoms. The molecular formula is C58H82N22O13. The van der Waals surface area contributed by atoms with E-state index >= 15 is 0 Å². The summed E-state index contributed by atoms with van der Waals surface area (Å²) in [5.41, 5.74) is 33.3. The van der Waals surface area contributed by atoms with Crippen molar-refractivity contribution in [1.82, 2.24) is 42.5 Å². The molecule has 0 heterocycles. The molecular weight excluding hydrogens is 1210 g/mol. The van der Waals surface area contributed by atoms with Crippen molar-refractivity contribution < 1.29 is 62.1 Å². The Morgan fingerprint density at radius 2 is 0.677 bits per heavy atom. The molecule has 0 fully saturated rings. The first-order chi connectivity index (χ1) is 44.3. The molecule has 9 amide bonds. The van der Waals surface area contributed by atoms with Gasteiger partial charge < -0.3 is 117 Å². The number of nitrogens with one attached hydrogen (secondary N) is 16. The van der Waals surface area contributed by atoms with Gasteiger partial charge in [-0.3, -0.25) is 64.8 Å². The van der Waals surface area contributed by atoms with Gasteiger partial charge in [0.05, 0.1) is 63.3 Å². The molecule has 93 heavy (non-hydrogen) atoms. The number of ether oxygens (including phenoxy) is 4. The Morgan fingerprint density at radius 1 is 0.387 bits per heavy atom. The highest BCUT2D eigenvalue weighted by molar-refractivity contribution is 6.07. The first-order valence-electron chi connectivity index (χ1n) is 28.8. The topological polar surface area (TPSA) is 586 Å². The summed E-state index contributed by atoms with van der Waals surface area (Å²) in [6, 6.07) is 11.8. The average molecular weight is 1300 g/mol. The van der Waals surface area contributed by atoms with Gasteiger partial charge in [-0.05, 0) is 124 Å². The number of hydrogen-bond acceptors (Lipinski definition) is 18. The van der Waals surface area contributed by atoms with Crippen molar-refractivity contribution >= 4 is 99.8 Å². The van der Waals surface area contributed by atoms with Crippen LogP contribution in [0.15, 0.2) is 72.8 Å². The normalized spacial score (nSPS) is 11.8. The van der Waals surface area contributed by atoms with Gasteiger partial charge in [-0.2, -0.15) is 0 Å². The SMILES string of the molecule is COc1ccc(NC(=O)[C@@H](CCCNC(=N)N)NC(=O)c2cc(NC(=O)[C@@H](CCCNC(=N)N)NC(=O)CNC(=O)c3cc(NC(=O)[C@@H](CCCNC(=N)N)NC(=O)c4cc(NC(=O)[C@H](N)CCCNC(=N)N)ccc4OC)ccc3OC)ccc2OC)cc1C(N)=O. The molecule has 35 heteroatoms. The van der Waals surface area contributed by atoms with Crippen LogP contribution in [0.25, 0.3) is 0 Å². The number of hydrogen-bond donors (Lipinski definition) is 22. The van der Waals surface area contributed by atoms with Crippen LogP contribution >= 0.6 is 0 Å². The molecule has 0 unspecified atom stereocenters. The number of benzene rings is 4. The van der Waals surface area contributed by atoms with E-state index in [4.69, 9.17) is 75.0 Å². The fourth-order valence-electron chi connectivity index (χ4n) is 8.83.